The van der Waals surface area contributed by atoms with Crippen LogP contribution in [0.1, 0.15) is 58.8 Å². The van der Waals surface area contributed by atoms with E-state index in [2.05, 4.69) is 4.98 Å². The van der Waals surface area contributed by atoms with Crippen LogP contribution < -0.4 is 9.47 Å². The molecule has 2 heterocycles. The molecule has 1 aliphatic carbocycles. The van der Waals surface area contributed by atoms with Crippen molar-refractivity contribution in [3.05, 3.63) is 87.2 Å². The standard InChI is InChI=1S/C33H35Cl2F2N3O5/c1-39(2)31(41)23-6-3-5-21(13-23)18-40-12-4-7-27(40)32(42)44-29(15-24-25(34)16-38-17-26(24)35)22-10-11-28(45-33(36)37)30(14-22)43-19-20-8-9-20/h3,5-6,10-11,13-14,16-17,20,27,29,33H,4,7-9,12,15,18-19H2,1-2H3/t27-,29-/m0/s1. The molecular weight excluding hydrogens is 627 g/mol. The van der Waals surface area contributed by atoms with Crippen LogP contribution in [0.15, 0.2) is 54.9 Å². The largest absolute Gasteiger partial charge is 0.489 e. The van der Waals surface area contributed by atoms with E-state index in [0.717, 1.165) is 24.8 Å². The third kappa shape index (κ3) is 8.62. The van der Waals surface area contributed by atoms with Crippen LogP contribution in [0.2, 0.25) is 10.0 Å². The second-order valence-electron chi connectivity index (χ2n) is 11.6. The summed E-state index contributed by atoms with van der Waals surface area (Å²) in [4.78, 5) is 33.9. The van der Waals surface area contributed by atoms with Crippen LogP contribution in [0, 0.1) is 5.92 Å². The Balaban J connectivity index is 1.40. The zero-order valence-electron chi connectivity index (χ0n) is 25.1. The molecule has 3 aromatic rings. The smallest absolute Gasteiger partial charge is 0.387 e. The Morgan fingerprint density at radius 1 is 1.04 bits per heavy atom. The Morgan fingerprint density at radius 2 is 1.80 bits per heavy atom. The molecule has 0 N–H and O–H groups in total. The van der Waals surface area contributed by atoms with Crippen LogP contribution in [-0.2, 0) is 22.5 Å². The molecule has 2 aliphatic rings. The highest BCUT2D eigenvalue weighted by molar-refractivity contribution is 6.35. The minimum atomic E-state index is -3.03. The average molecular weight is 663 g/mol. The van der Waals surface area contributed by atoms with Gasteiger partial charge >= 0.3 is 12.6 Å². The molecule has 1 amide bonds. The Labute approximate surface area is 271 Å². The highest BCUT2D eigenvalue weighted by Gasteiger charge is 2.34. The molecule has 5 rings (SSSR count). The second-order valence-corrected chi connectivity index (χ2v) is 12.4. The summed E-state index contributed by atoms with van der Waals surface area (Å²) < 4.78 is 43.1. The van der Waals surface area contributed by atoms with E-state index < -0.39 is 24.7 Å². The van der Waals surface area contributed by atoms with Gasteiger partial charge in [0.1, 0.15) is 12.1 Å². The van der Waals surface area contributed by atoms with Gasteiger partial charge in [0.2, 0.25) is 0 Å². The number of carbonyl (C=O) groups excluding carboxylic acids is 2. The summed E-state index contributed by atoms with van der Waals surface area (Å²) in [5.74, 6) is -0.131. The molecule has 240 valence electrons. The molecule has 1 aromatic heterocycles. The average Bonchev–Trinajstić information content (AvgIpc) is 3.73. The van der Waals surface area contributed by atoms with Crippen LogP contribution in [0.4, 0.5) is 8.78 Å². The monoisotopic (exact) mass is 661 g/mol. The lowest BCUT2D eigenvalue weighted by molar-refractivity contribution is -0.155. The SMILES string of the molecule is CN(C)C(=O)c1cccc(CN2CCC[C@H]2C(=O)O[C@@H](Cc2c(Cl)cncc2Cl)c2ccc(OC(F)F)c(OCC3CC3)c2)c1. The number of amides is 1. The maximum absolute atomic E-state index is 13.8. The molecule has 1 saturated carbocycles. The zero-order valence-corrected chi connectivity index (χ0v) is 26.6. The summed E-state index contributed by atoms with van der Waals surface area (Å²) in [6, 6.07) is 11.4. The number of esters is 1. The number of aromatic nitrogens is 1. The number of hydrogen-bond acceptors (Lipinski definition) is 7. The number of hydrogen-bond donors (Lipinski definition) is 0. The lowest BCUT2D eigenvalue weighted by atomic mass is 10.0. The van der Waals surface area contributed by atoms with Crippen molar-refractivity contribution < 1.29 is 32.6 Å². The van der Waals surface area contributed by atoms with E-state index in [1.807, 2.05) is 23.1 Å². The molecule has 0 bridgehead atoms. The molecule has 2 fully saturated rings. The molecule has 0 spiro atoms. The number of ether oxygens (including phenoxy) is 3. The number of pyridine rings is 1. The van der Waals surface area contributed by atoms with Crippen molar-refractivity contribution >= 4 is 35.1 Å². The van der Waals surface area contributed by atoms with Crippen molar-refractivity contribution in [1.82, 2.24) is 14.8 Å². The molecule has 45 heavy (non-hydrogen) atoms. The molecule has 0 unspecified atom stereocenters. The molecule has 1 saturated heterocycles. The van der Waals surface area contributed by atoms with E-state index in [0.29, 0.717) is 58.8 Å². The van der Waals surface area contributed by atoms with Crippen molar-refractivity contribution in [3.63, 3.8) is 0 Å². The number of alkyl halides is 2. The number of rotatable bonds is 13. The first-order chi connectivity index (χ1) is 21.6. The summed E-state index contributed by atoms with van der Waals surface area (Å²) in [5.41, 5.74) is 2.52. The van der Waals surface area contributed by atoms with Gasteiger partial charge in [0, 0.05) is 45.0 Å². The highest BCUT2D eigenvalue weighted by Crippen LogP contribution is 2.38. The van der Waals surface area contributed by atoms with Crippen LogP contribution in [0.3, 0.4) is 0 Å². The van der Waals surface area contributed by atoms with Crippen molar-refractivity contribution in [2.75, 3.05) is 27.2 Å². The maximum atomic E-state index is 13.8. The van der Waals surface area contributed by atoms with E-state index in [-0.39, 0.29) is 23.8 Å². The second kappa shape index (κ2) is 14.7. The van der Waals surface area contributed by atoms with Crippen LogP contribution >= 0.6 is 23.2 Å². The Kier molecular flexibility index (Phi) is 10.8. The van der Waals surface area contributed by atoms with Crippen LogP contribution in [-0.4, -0.2) is 66.6 Å². The van der Waals surface area contributed by atoms with E-state index in [9.17, 15) is 18.4 Å². The number of carbonyl (C=O) groups is 2. The molecule has 2 atom stereocenters. The topological polar surface area (TPSA) is 81.2 Å². The minimum Gasteiger partial charge on any atom is -0.489 e. The zero-order chi connectivity index (χ0) is 32.1. The van der Waals surface area contributed by atoms with Gasteiger partial charge in [-0.3, -0.25) is 19.5 Å². The van der Waals surface area contributed by atoms with Crippen LogP contribution in [0.5, 0.6) is 11.5 Å². The predicted molar refractivity (Wildman–Crippen MR) is 166 cm³/mol. The first-order valence-corrected chi connectivity index (χ1v) is 15.6. The summed E-state index contributed by atoms with van der Waals surface area (Å²) in [6.45, 7) is -1.53. The molecule has 12 heteroatoms. The lowest BCUT2D eigenvalue weighted by Gasteiger charge is -2.27. The third-order valence-electron chi connectivity index (χ3n) is 7.93. The summed E-state index contributed by atoms with van der Waals surface area (Å²) >= 11 is 12.9. The molecule has 8 nitrogen and oxygen atoms in total. The fourth-order valence-corrected chi connectivity index (χ4v) is 5.88. The van der Waals surface area contributed by atoms with Gasteiger partial charge in [-0.05, 0) is 79.1 Å². The van der Waals surface area contributed by atoms with E-state index in [4.69, 9.17) is 37.4 Å². The molecule has 0 radical (unpaired) electrons. The van der Waals surface area contributed by atoms with Gasteiger partial charge in [-0.1, -0.05) is 41.4 Å². The van der Waals surface area contributed by atoms with E-state index in [1.165, 1.54) is 23.4 Å². The lowest BCUT2D eigenvalue weighted by Crippen LogP contribution is -2.37. The van der Waals surface area contributed by atoms with Gasteiger partial charge in [-0.25, -0.2) is 0 Å². The van der Waals surface area contributed by atoms with Crippen LogP contribution in [0.25, 0.3) is 0 Å². The molecule has 2 aromatic carbocycles. The van der Waals surface area contributed by atoms with Crippen molar-refractivity contribution in [2.24, 2.45) is 5.92 Å². The van der Waals surface area contributed by atoms with E-state index in [1.54, 1.807) is 32.3 Å². The fraction of sp³-hybridized carbons (Fsp3) is 0.424. The quantitative estimate of drug-likeness (QED) is 0.183. The Morgan fingerprint density at radius 3 is 2.49 bits per heavy atom. The van der Waals surface area contributed by atoms with Crippen molar-refractivity contribution in [1.29, 1.82) is 0 Å². The third-order valence-corrected chi connectivity index (χ3v) is 8.58. The van der Waals surface area contributed by atoms with Crippen molar-refractivity contribution in [3.8, 4) is 11.5 Å². The number of nitrogens with zero attached hydrogens (tertiary/aromatic N) is 3. The number of halogens is 4. The first-order valence-electron chi connectivity index (χ1n) is 14.8. The van der Waals surface area contributed by atoms with Gasteiger partial charge in [0.05, 0.1) is 16.7 Å². The number of likely N-dealkylation sites (tertiary alicyclic amines) is 1. The first kappa shape index (κ1) is 32.9. The summed E-state index contributed by atoms with van der Waals surface area (Å²) in [5, 5.41) is 0.613. The predicted octanol–water partition coefficient (Wildman–Crippen LogP) is 6.97. The minimum absolute atomic E-state index is 0.101. The van der Waals surface area contributed by atoms with Crippen molar-refractivity contribution in [2.45, 2.75) is 57.4 Å². The maximum Gasteiger partial charge on any atom is 0.387 e. The van der Waals surface area contributed by atoms with Gasteiger partial charge in [0.25, 0.3) is 5.91 Å². The Hall–Kier alpha value is -3.47. The fourth-order valence-electron chi connectivity index (χ4n) is 5.37. The Bertz CT molecular complexity index is 1500. The molecule has 1 aliphatic heterocycles. The summed E-state index contributed by atoms with van der Waals surface area (Å²) in [7, 11) is 3.40. The van der Waals surface area contributed by atoms with E-state index >= 15 is 0 Å². The van der Waals surface area contributed by atoms with Gasteiger partial charge < -0.3 is 19.1 Å². The van der Waals surface area contributed by atoms with Gasteiger partial charge in [-0.15, -0.1) is 0 Å². The number of benzene rings is 2. The highest BCUT2D eigenvalue weighted by atomic mass is 35.5. The summed E-state index contributed by atoms with van der Waals surface area (Å²) in [6.07, 6.45) is 5.57. The normalized spacial score (nSPS) is 17.3. The van der Waals surface area contributed by atoms with Gasteiger partial charge in [-0.2, -0.15) is 8.78 Å². The molecular formula is C33H35Cl2F2N3O5. The van der Waals surface area contributed by atoms with Gasteiger partial charge in [0.15, 0.2) is 11.5 Å².